The summed E-state index contributed by atoms with van der Waals surface area (Å²) in [5.74, 6) is -0.160. The number of methoxy groups -OCH3 is 1. The van der Waals surface area contributed by atoms with E-state index in [9.17, 15) is 4.79 Å². The number of hydrogen-bond acceptors (Lipinski definition) is 4. The Balaban J connectivity index is 1.92. The van der Waals surface area contributed by atoms with E-state index in [0.717, 1.165) is 26.0 Å². The van der Waals surface area contributed by atoms with E-state index in [4.69, 9.17) is 4.74 Å². The van der Waals surface area contributed by atoms with Crippen LogP contribution in [-0.2, 0) is 14.3 Å². The first-order valence-electron chi connectivity index (χ1n) is 5.78. The van der Waals surface area contributed by atoms with Crippen LogP contribution in [0.5, 0.6) is 0 Å². The van der Waals surface area contributed by atoms with Gasteiger partial charge in [-0.05, 0) is 32.2 Å². The van der Waals surface area contributed by atoms with Crippen molar-refractivity contribution in [1.82, 2.24) is 5.32 Å². The second kappa shape index (κ2) is 8.25. The normalized spacial score (nSPS) is 22.0. The molecule has 94 valence electrons. The Bertz CT molecular complexity index is 207. The standard InChI is InChI=1S/C11H20INO3/c1-15-11(14)10(12)8-13-6-2-4-9-5-3-7-16-9/h9-10,13H,2-8H2,1H3. The minimum atomic E-state index is -0.160. The van der Waals surface area contributed by atoms with E-state index < -0.39 is 0 Å². The van der Waals surface area contributed by atoms with Gasteiger partial charge < -0.3 is 14.8 Å². The molecule has 0 aromatic heterocycles. The minimum Gasteiger partial charge on any atom is -0.468 e. The maximum absolute atomic E-state index is 11.1. The first-order valence-corrected chi connectivity index (χ1v) is 7.03. The van der Waals surface area contributed by atoms with E-state index in [1.165, 1.54) is 20.0 Å². The zero-order valence-electron chi connectivity index (χ0n) is 9.71. The smallest absolute Gasteiger partial charge is 0.319 e. The third-order valence-corrected chi connectivity index (χ3v) is 3.63. The molecule has 2 unspecified atom stereocenters. The lowest BCUT2D eigenvalue weighted by Gasteiger charge is -2.11. The van der Waals surface area contributed by atoms with Crippen LogP contribution in [0, 0.1) is 0 Å². The topological polar surface area (TPSA) is 47.6 Å². The SMILES string of the molecule is COC(=O)C(I)CNCCCC1CCCO1. The van der Waals surface area contributed by atoms with E-state index in [-0.39, 0.29) is 9.89 Å². The highest BCUT2D eigenvalue weighted by Crippen LogP contribution is 2.16. The zero-order chi connectivity index (χ0) is 11.8. The molecule has 1 aliphatic heterocycles. The van der Waals surface area contributed by atoms with Gasteiger partial charge in [-0.2, -0.15) is 0 Å². The number of halogens is 1. The summed E-state index contributed by atoms with van der Waals surface area (Å²) in [6, 6.07) is 0. The van der Waals surface area contributed by atoms with Gasteiger partial charge in [0.05, 0.1) is 13.2 Å². The van der Waals surface area contributed by atoms with Gasteiger partial charge >= 0.3 is 5.97 Å². The van der Waals surface area contributed by atoms with Crippen LogP contribution in [0.3, 0.4) is 0 Å². The highest BCUT2D eigenvalue weighted by atomic mass is 127. The number of alkyl halides is 1. The summed E-state index contributed by atoms with van der Waals surface area (Å²) in [6.45, 7) is 2.55. The van der Waals surface area contributed by atoms with Gasteiger partial charge in [-0.15, -0.1) is 0 Å². The first kappa shape index (κ1) is 14.2. The van der Waals surface area contributed by atoms with Crippen molar-refractivity contribution < 1.29 is 14.3 Å². The number of nitrogens with one attached hydrogen (secondary N) is 1. The van der Waals surface area contributed by atoms with Gasteiger partial charge in [0.2, 0.25) is 0 Å². The summed E-state index contributed by atoms with van der Waals surface area (Å²) in [5, 5.41) is 3.26. The molecular formula is C11H20INO3. The summed E-state index contributed by atoms with van der Waals surface area (Å²) in [6.07, 6.45) is 5.11. The van der Waals surface area contributed by atoms with Gasteiger partial charge in [0.15, 0.2) is 0 Å². The van der Waals surface area contributed by atoms with Crippen LogP contribution in [0.2, 0.25) is 0 Å². The van der Waals surface area contributed by atoms with E-state index in [1.807, 2.05) is 0 Å². The molecular weight excluding hydrogens is 321 g/mol. The Kier molecular flexibility index (Phi) is 7.31. The van der Waals surface area contributed by atoms with Gasteiger partial charge in [0.1, 0.15) is 3.92 Å². The van der Waals surface area contributed by atoms with E-state index in [1.54, 1.807) is 0 Å². The highest BCUT2D eigenvalue weighted by Gasteiger charge is 2.15. The fourth-order valence-electron chi connectivity index (χ4n) is 1.77. The van der Waals surface area contributed by atoms with Crippen LogP contribution >= 0.6 is 22.6 Å². The predicted octanol–water partition coefficient (Wildman–Crippen LogP) is 1.51. The molecule has 0 saturated carbocycles. The fraction of sp³-hybridized carbons (Fsp3) is 0.909. The van der Waals surface area contributed by atoms with Crippen molar-refractivity contribution in [1.29, 1.82) is 0 Å². The molecule has 1 rings (SSSR count). The van der Waals surface area contributed by atoms with Crippen LogP contribution < -0.4 is 5.32 Å². The number of rotatable bonds is 7. The average Bonchev–Trinajstić information content (AvgIpc) is 2.80. The molecule has 5 heteroatoms. The molecule has 1 N–H and O–H groups in total. The molecule has 0 radical (unpaired) electrons. The van der Waals surface area contributed by atoms with Gasteiger partial charge in [-0.3, -0.25) is 4.79 Å². The van der Waals surface area contributed by atoms with E-state index in [0.29, 0.717) is 12.6 Å². The van der Waals surface area contributed by atoms with Crippen molar-refractivity contribution >= 4 is 28.6 Å². The number of ether oxygens (including phenoxy) is 2. The predicted molar refractivity (Wildman–Crippen MR) is 70.9 cm³/mol. The lowest BCUT2D eigenvalue weighted by atomic mass is 10.1. The van der Waals surface area contributed by atoms with Crippen LogP contribution in [0.15, 0.2) is 0 Å². The third kappa shape index (κ3) is 5.45. The Morgan fingerprint density at radius 3 is 3.12 bits per heavy atom. The second-order valence-corrected chi connectivity index (χ2v) is 5.48. The van der Waals surface area contributed by atoms with Gasteiger partial charge in [-0.25, -0.2) is 0 Å². The molecule has 16 heavy (non-hydrogen) atoms. The Morgan fingerprint density at radius 1 is 1.69 bits per heavy atom. The average molecular weight is 341 g/mol. The quantitative estimate of drug-likeness (QED) is 0.330. The molecule has 0 aliphatic carbocycles. The molecule has 4 nitrogen and oxygen atoms in total. The van der Waals surface area contributed by atoms with Gasteiger partial charge in [0.25, 0.3) is 0 Å². The zero-order valence-corrected chi connectivity index (χ0v) is 11.9. The van der Waals surface area contributed by atoms with Crippen LogP contribution in [-0.4, -0.2) is 42.8 Å². The number of esters is 1. The van der Waals surface area contributed by atoms with Crippen molar-refractivity contribution in [3.63, 3.8) is 0 Å². The van der Waals surface area contributed by atoms with E-state index >= 15 is 0 Å². The number of hydrogen-bond donors (Lipinski definition) is 1. The fourth-order valence-corrected chi connectivity index (χ4v) is 2.33. The maximum atomic E-state index is 11.1. The van der Waals surface area contributed by atoms with Crippen molar-refractivity contribution in [3.8, 4) is 0 Å². The molecule has 1 saturated heterocycles. The van der Waals surface area contributed by atoms with Crippen LogP contribution in [0.25, 0.3) is 0 Å². The summed E-state index contributed by atoms with van der Waals surface area (Å²) in [4.78, 5) is 11.1. The van der Waals surface area contributed by atoms with Crippen molar-refractivity contribution in [2.45, 2.75) is 35.7 Å². The number of carbonyl (C=O) groups is 1. The van der Waals surface area contributed by atoms with Crippen LogP contribution in [0.1, 0.15) is 25.7 Å². The van der Waals surface area contributed by atoms with Crippen LogP contribution in [0.4, 0.5) is 0 Å². The molecule has 0 amide bonds. The summed E-state index contributed by atoms with van der Waals surface area (Å²) < 4.78 is 10.1. The molecule has 1 heterocycles. The van der Waals surface area contributed by atoms with Gasteiger partial charge in [-0.1, -0.05) is 22.6 Å². The Hall–Kier alpha value is 0.120. The molecule has 0 bridgehead atoms. The maximum Gasteiger partial charge on any atom is 0.319 e. The lowest BCUT2D eigenvalue weighted by Crippen LogP contribution is -2.30. The largest absolute Gasteiger partial charge is 0.468 e. The number of carbonyl (C=O) groups excluding carboxylic acids is 1. The Morgan fingerprint density at radius 2 is 2.50 bits per heavy atom. The highest BCUT2D eigenvalue weighted by molar-refractivity contribution is 14.1. The molecule has 0 aromatic carbocycles. The minimum absolute atomic E-state index is 0.0923. The molecule has 2 atom stereocenters. The second-order valence-electron chi connectivity index (χ2n) is 3.97. The van der Waals surface area contributed by atoms with Crippen molar-refractivity contribution in [2.24, 2.45) is 0 Å². The third-order valence-electron chi connectivity index (χ3n) is 2.68. The molecule has 0 aromatic rings. The summed E-state index contributed by atoms with van der Waals surface area (Å²) >= 11 is 2.10. The molecule has 1 fully saturated rings. The summed E-state index contributed by atoms with van der Waals surface area (Å²) in [7, 11) is 1.42. The van der Waals surface area contributed by atoms with Crippen molar-refractivity contribution in [3.05, 3.63) is 0 Å². The monoisotopic (exact) mass is 341 g/mol. The van der Waals surface area contributed by atoms with Gasteiger partial charge in [0, 0.05) is 13.2 Å². The Labute approximate surface area is 111 Å². The lowest BCUT2D eigenvalue weighted by molar-refractivity contribution is -0.139. The summed E-state index contributed by atoms with van der Waals surface area (Å²) in [5.41, 5.74) is 0. The molecule has 1 aliphatic rings. The molecule has 0 spiro atoms. The van der Waals surface area contributed by atoms with E-state index in [2.05, 4.69) is 32.6 Å². The van der Waals surface area contributed by atoms with Crippen molar-refractivity contribution in [2.75, 3.05) is 26.8 Å². The first-order chi connectivity index (χ1) is 7.74.